The van der Waals surface area contributed by atoms with Crippen molar-refractivity contribution in [2.45, 2.75) is 39.2 Å². The number of carboxylic acid groups (broad SMARTS) is 1. The normalized spacial score (nSPS) is 13.7. The summed E-state index contributed by atoms with van der Waals surface area (Å²) in [4.78, 5) is 22.5. The molecule has 98 valence electrons. The van der Waals surface area contributed by atoms with Gasteiger partial charge in [-0.25, -0.2) is 4.79 Å². The number of carbonyl (C=O) groups excluding carboxylic acids is 1. The van der Waals surface area contributed by atoms with E-state index in [2.05, 4.69) is 0 Å². The van der Waals surface area contributed by atoms with E-state index in [1.807, 2.05) is 6.92 Å². The summed E-state index contributed by atoms with van der Waals surface area (Å²) in [5.74, 6) is -0.674. The van der Waals surface area contributed by atoms with Gasteiger partial charge in [-0.1, -0.05) is 25.5 Å². The van der Waals surface area contributed by atoms with Gasteiger partial charge >= 0.3 is 5.97 Å². The van der Waals surface area contributed by atoms with Gasteiger partial charge in [-0.2, -0.15) is 0 Å². The van der Waals surface area contributed by atoms with Crippen molar-refractivity contribution in [3.63, 3.8) is 0 Å². The molecule has 0 amide bonds. The van der Waals surface area contributed by atoms with Crippen LogP contribution in [0.3, 0.4) is 0 Å². The third-order valence-electron chi connectivity index (χ3n) is 2.76. The number of hydrogen-bond acceptors (Lipinski definition) is 3. The lowest BCUT2D eigenvalue weighted by atomic mass is 10.0. The van der Waals surface area contributed by atoms with Gasteiger partial charge in [-0.3, -0.25) is 4.79 Å². The van der Waals surface area contributed by atoms with Crippen molar-refractivity contribution < 1.29 is 19.4 Å². The van der Waals surface area contributed by atoms with Crippen LogP contribution in [0.1, 0.15) is 44.0 Å². The predicted molar refractivity (Wildman–Crippen MR) is 68.0 cm³/mol. The number of aliphatic carboxylic acids is 1. The van der Waals surface area contributed by atoms with Gasteiger partial charge in [-0.05, 0) is 32.4 Å². The molecular weight excluding hydrogens is 232 g/mol. The molecule has 1 unspecified atom stereocenters. The van der Waals surface area contributed by atoms with Gasteiger partial charge in [0.05, 0.1) is 0 Å². The second kappa shape index (κ2) is 5.67. The molecule has 0 bridgehead atoms. The Balaban J connectivity index is 2.97. The largest absolute Gasteiger partial charge is 0.478 e. The van der Waals surface area contributed by atoms with Crippen molar-refractivity contribution in [3.05, 3.63) is 29.8 Å². The summed E-state index contributed by atoms with van der Waals surface area (Å²) in [5, 5.41) is 9.21. The first kappa shape index (κ1) is 14.2. The summed E-state index contributed by atoms with van der Waals surface area (Å²) in [7, 11) is 0. The number of carboxylic acids is 1. The second-order valence-electron chi connectivity index (χ2n) is 4.47. The summed E-state index contributed by atoms with van der Waals surface area (Å²) < 4.78 is 5.54. The van der Waals surface area contributed by atoms with E-state index >= 15 is 0 Å². The Morgan fingerprint density at radius 1 is 1.39 bits per heavy atom. The molecule has 0 saturated heterocycles. The van der Waals surface area contributed by atoms with E-state index in [1.54, 1.807) is 31.2 Å². The van der Waals surface area contributed by atoms with Crippen molar-refractivity contribution in [3.8, 4) is 5.75 Å². The van der Waals surface area contributed by atoms with Crippen LogP contribution in [0.15, 0.2) is 24.3 Å². The zero-order valence-electron chi connectivity index (χ0n) is 10.9. The van der Waals surface area contributed by atoms with E-state index in [1.165, 1.54) is 6.92 Å². The Kier molecular flexibility index (Phi) is 4.48. The third kappa shape index (κ3) is 3.32. The number of carbonyl (C=O) groups is 2. The molecule has 0 aliphatic carbocycles. The highest BCUT2D eigenvalue weighted by Crippen LogP contribution is 2.24. The number of ether oxygens (including phenoxy) is 1. The molecule has 0 spiro atoms. The van der Waals surface area contributed by atoms with Gasteiger partial charge in [0.2, 0.25) is 5.60 Å². The molecular formula is C14H18O4. The summed E-state index contributed by atoms with van der Waals surface area (Å²) in [5.41, 5.74) is -0.749. The Morgan fingerprint density at radius 2 is 2.06 bits per heavy atom. The minimum absolute atomic E-state index is 0.0760. The number of hydrogen-bond donors (Lipinski definition) is 1. The van der Waals surface area contributed by atoms with Crippen LogP contribution in [0.2, 0.25) is 0 Å². The molecule has 18 heavy (non-hydrogen) atoms. The van der Waals surface area contributed by atoms with Crippen molar-refractivity contribution in [2.24, 2.45) is 0 Å². The van der Waals surface area contributed by atoms with Crippen LogP contribution in [-0.4, -0.2) is 22.5 Å². The predicted octanol–water partition coefficient (Wildman–Crippen LogP) is 2.91. The Bertz CT molecular complexity index is 453. The van der Waals surface area contributed by atoms with Crippen LogP contribution in [0.5, 0.6) is 5.75 Å². The average molecular weight is 250 g/mol. The molecule has 1 N–H and O–H groups in total. The highest BCUT2D eigenvalue weighted by atomic mass is 16.5. The zero-order chi connectivity index (χ0) is 13.8. The Morgan fingerprint density at radius 3 is 2.56 bits per heavy atom. The third-order valence-corrected chi connectivity index (χ3v) is 2.76. The van der Waals surface area contributed by atoms with E-state index in [9.17, 15) is 14.7 Å². The maximum absolute atomic E-state index is 11.3. The Labute approximate surface area is 107 Å². The van der Waals surface area contributed by atoms with Crippen LogP contribution in [0.4, 0.5) is 0 Å². The van der Waals surface area contributed by atoms with E-state index in [0.29, 0.717) is 24.2 Å². The van der Waals surface area contributed by atoms with E-state index in [4.69, 9.17) is 4.74 Å². The molecule has 0 aliphatic heterocycles. The first-order valence-electron chi connectivity index (χ1n) is 5.92. The van der Waals surface area contributed by atoms with Gasteiger partial charge in [-0.15, -0.1) is 0 Å². The first-order chi connectivity index (χ1) is 8.39. The maximum Gasteiger partial charge on any atom is 0.347 e. The lowest BCUT2D eigenvalue weighted by Gasteiger charge is -2.26. The smallest absolute Gasteiger partial charge is 0.347 e. The molecule has 4 nitrogen and oxygen atoms in total. The van der Waals surface area contributed by atoms with Crippen LogP contribution < -0.4 is 4.74 Å². The molecule has 1 atom stereocenters. The lowest BCUT2D eigenvalue weighted by Crippen LogP contribution is -2.41. The second-order valence-corrected chi connectivity index (χ2v) is 4.47. The van der Waals surface area contributed by atoms with Crippen LogP contribution >= 0.6 is 0 Å². The molecule has 1 rings (SSSR count). The molecule has 1 aromatic carbocycles. The van der Waals surface area contributed by atoms with E-state index in [0.717, 1.165) is 0 Å². The van der Waals surface area contributed by atoms with Gasteiger partial charge in [0.15, 0.2) is 5.78 Å². The summed E-state index contributed by atoms with van der Waals surface area (Å²) in [6.07, 6.45) is 1.11. The molecule has 0 aliphatic rings. The SMILES string of the molecule is CCCC(C)(Oc1cccc(C(C)=O)c1)C(=O)O. The van der Waals surface area contributed by atoms with E-state index in [-0.39, 0.29) is 5.78 Å². The van der Waals surface area contributed by atoms with Crippen LogP contribution in [0, 0.1) is 0 Å². The van der Waals surface area contributed by atoms with Crippen LogP contribution in [-0.2, 0) is 4.79 Å². The molecule has 4 heteroatoms. The number of ketones is 1. The number of benzene rings is 1. The summed E-state index contributed by atoms with van der Waals surface area (Å²) >= 11 is 0. The summed E-state index contributed by atoms with van der Waals surface area (Å²) in [6, 6.07) is 6.58. The minimum atomic E-state index is -1.26. The standard InChI is InChI=1S/C14H18O4/c1-4-8-14(3,13(16)17)18-12-7-5-6-11(9-12)10(2)15/h5-7,9H,4,8H2,1-3H3,(H,16,17). The van der Waals surface area contributed by atoms with Crippen molar-refractivity contribution in [1.82, 2.24) is 0 Å². The highest BCUT2D eigenvalue weighted by Gasteiger charge is 2.34. The van der Waals surface area contributed by atoms with Gasteiger partial charge in [0.1, 0.15) is 5.75 Å². The molecule has 0 radical (unpaired) electrons. The average Bonchev–Trinajstić information content (AvgIpc) is 2.29. The fraction of sp³-hybridized carbons (Fsp3) is 0.429. The summed E-state index contributed by atoms with van der Waals surface area (Å²) in [6.45, 7) is 4.90. The maximum atomic E-state index is 11.3. The van der Waals surface area contributed by atoms with Crippen molar-refractivity contribution >= 4 is 11.8 Å². The fourth-order valence-electron chi connectivity index (χ4n) is 1.72. The topological polar surface area (TPSA) is 63.6 Å². The van der Waals surface area contributed by atoms with Crippen LogP contribution in [0.25, 0.3) is 0 Å². The minimum Gasteiger partial charge on any atom is -0.478 e. The van der Waals surface area contributed by atoms with Crippen molar-refractivity contribution in [1.29, 1.82) is 0 Å². The molecule has 0 saturated carbocycles. The quantitative estimate of drug-likeness (QED) is 0.788. The molecule has 1 aromatic rings. The number of Topliss-reactive ketones (excluding diaryl/α,β-unsaturated/α-hetero) is 1. The zero-order valence-corrected chi connectivity index (χ0v) is 10.9. The van der Waals surface area contributed by atoms with Crippen molar-refractivity contribution in [2.75, 3.05) is 0 Å². The van der Waals surface area contributed by atoms with Gasteiger partial charge in [0.25, 0.3) is 0 Å². The number of rotatable bonds is 6. The monoisotopic (exact) mass is 250 g/mol. The van der Waals surface area contributed by atoms with Gasteiger partial charge in [0, 0.05) is 5.56 Å². The highest BCUT2D eigenvalue weighted by molar-refractivity contribution is 5.94. The molecule has 0 heterocycles. The molecule has 0 aromatic heterocycles. The Hall–Kier alpha value is -1.84. The first-order valence-corrected chi connectivity index (χ1v) is 5.92. The van der Waals surface area contributed by atoms with E-state index < -0.39 is 11.6 Å². The lowest BCUT2D eigenvalue weighted by molar-refractivity contribution is -0.154. The fourth-order valence-corrected chi connectivity index (χ4v) is 1.72. The molecule has 0 fully saturated rings. The van der Waals surface area contributed by atoms with Gasteiger partial charge < -0.3 is 9.84 Å².